The Morgan fingerprint density at radius 2 is 1.82 bits per heavy atom. The summed E-state index contributed by atoms with van der Waals surface area (Å²) in [5.74, 6) is -0.426. The quantitative estimate of drug-likeness (QED) is 0.762. The Kier molecular flexibility index (Phi) is 7.65. The van der Waals surface area contributed by atoms with Crippen molar-refractivity contribution in [3.8, 4) is 0 Å². The number of alkyl carbamates (subject to hydrolysis) is 1. The van der Waals surface area contributed by atoms with Crippen molar-refractivity contribution in [3.05, 3.63) is 0 Å². The number of likely N-dealkylation sites (tertiary alicyclic amines) is 1. The van der Waals surface area contributed by atoms with Gasteiger partial charge in [-0.25, -0.2) is 9.59 Å². The molecule has 1 atom stereocenters. The standard InChI is InChI=1S/C16H30N2O4/c1-16(2,3)22-15(20)17-13(14(19)21-4)9-8-12-18-10-6-5-7-11-18/h13H,5-12H2,1-4H3,(H,17,20)/t13-/m0/s1. The van der Waals surface area contributed by atoms with Crippen LogP contribution in [0.5, 0.6) is 0 Å². The molecule has 0 aromatic heterocycles. The van der Waals surface area contributed by atoms with Crippen LogP contribution < -0.4 is 5.32 Å². The highest BCUT2D eigenvalue weighted by Crippen LogP contribution is 2.11. The number of amides is 1. The van der Waals surface area contributed by atoms with Crippen molar-refractivity contribution >= 4 is 12.1 Å². The van der Waals surface area contributed by atoms with E-state index < -0.39 is 23.7 Å². The summed E-state index contributed by atoms with van der Waals surface area (Å²) in [7, 11) is 1.33. The number of methoxy groups -OCH3 is 1. The molecule has 0 radical (unpaired) electrons. The summed E-state index contributed by atoms with van der Waals surface area (Å²) in [6.07, 6.45) is 4.62. The van der Waals surface area contributed by atoms with Crippen molar-refractivity contribution in [2.24, 2.45) is 0 Å². The van der Waals surface area contributed by atoms with Gasteiger partial charge in [-0.1, -0.05) is 6.42 Å². The molecule has 128 valence electrons. The van der Waals surface area contributed by atoms with Crippen LogP contribution in [0.3, 0.4) is 0 Å². The van der Waals surface area contributed by atoms with E-state index in [4.69, 9.17) is 9.47 Å². The zero-order valence-corrected chi connectivity index (χ0v) is 14.3. The third-order valence-corrected chi connectivity index (χ3v) is 3.59. The van der Waals surface area contributed by atoms with Crippen LogP contribution in [0.4, 0.5) is 4.79 Å². The number of ether oxygens (including phenoxy) is 2. The Hall–Kier alpha value is -1.30. The first-order valence-electron chi connectivity index (χ1n) is 8.11. The Balaban J connectivity index is 2.39. The molecule has 0 unspecified atom stereocenters. The maximum absolute atomic E-state index is 11.8. The first kappa shape index (κ1) is 18.7. The molecule has 1 aliphatic rings. The van der Waals surface area contributed by atoms with Crippen molar-refractivity contribution in [2.75, 3.05) is 26.7 Å². The second-order valence-corrected chi connectivity index (χ2v) is 6.77. The molecule has 0 aromatic rings. The van der Waals surface area contributed by atoms with E-state index in [1.54, 1.807) is 20.8 Å². The van der Waals surface area contributed by atoms with E-state index in [0.29, 0.717) is 6.42 Å². The van der Waals surface area contributed by atoms with Crippen molar-refractivity contribution in [2.45, 2.75) is 64.5 Å². The zero-order chi connectivity index (χ0) is 16.6. The second kappa shape index (κ2) is 8.98. The summed E-state index contributed by atoms with van der Waals surface area (Å²) in [4.78, 5) is 26.0. The van der Waals surface area contributed by atoms with Crippen molar-refractivity contribution < 1.29 is 19.1 Å². The van der Waals surface area contributed by atoms with Gasteiger partial charge in [-0.2, -0.15) is 0 Å². The maximum Gasteiger partial charge on any atom is 0.408 e. The Morgan fingerprint density at radius 1 is 1.18 bits per heavy atom. The lowest BCUT2D eigenvalue weighted by atomic mass is 10.1. The van der Waals surface area contributed by atoms with E-state index in [1.807, 2.05) is 0 Å². The van der Waals surface area contributed by atoms with Gasteiger partial charge in [0.15, 0.2) is 0 Å². The normalized spacial score (nSPS) is 17.6. The number of hydrogen-bond acceptors (Lipinski definition) is 5. The van der Waals surface area contributed by atoms with E-state index in [1.165, 1.54) is 26.4 Å². The second-order valence-electron chi connectivity index (χ2n) is 6.77. The minimum Gasteiger partial charge on any atom is -0.467 e. The zero-order valence-electron chi connectivity index (χ0n) is 14.3. The number of rotatable bonds is 6. The molecule has 1 aliphatic heterocycles. The molecule has 1 fully saturated rings. The van der Waals surface area contributed by atoms with Gasteiger partial charge in [-0.05, 0) is 66.1 Å². The molecule has 0 saturated carbocycles. The van der Waals surface area contributed by atoms with E-state index in [-0.39, 0.29) is 0 Å². The number of piperidine rings is 1. The van der Waals surface area contributed by atoms with Gasteiger partial charge in [0.2, 0.25) is 0 Å². The van der Waals surface area contributed by atoms with Gasteiger partial charge in [0.25, 0.3) is 0 Å². The Labute approximate surface area is 133 Å². The van der Waals surface area contributed by atoms with Crippen LogP contribution in [0.25, 0.3) is 0 Å². The van der Waals surface area contributed by atoms with Gasteiger partial charge in [0.1, 0.15) is 11.6 Å². The van der Waals surface area contributed by atoms with Gasteiger partial charge in [0, 0.05) is 0 Å². The molecule has 6 heteroatoms. The molecule has 1 N–H and O–H groups in total. The summed E-state index contributed by atoms with van der Waals surface area (Å²) in [5, 5.41) is 2.61. The average Bonchev–Trinajstić information content (AvgIpc) is 2.44. The van der Waals surface area contributed by atoms with Crippen LogP contribution in [-0.2, 0) is 14.3 Å². The third-order valence-electron chi connectivity index (χ3n) is 3.59. The van der Waals surface area contributed by atoms with Gasteiger partial charge in [-0.3, -0.25) is 0 Å². The molecular formula is C16H30N2O4. The van der Waals surface area contributed by atoms with Crippen LogP contribution in [0.15, 0.2) is 0 Å². The summed E-state index contributed by atoms with van der Waals surface area (Å²) >= 11 is 0. The van der Waals surface area contributed by atoms with Gasteiger partial charge < -0.3 is 19.7 Å². The molecule has 1 saturated heterocycles. The molecule has 1 amide bonds. The highest BCUT2D eigenvalue weighted by atomic mass is 16.6. The molecule has 1 rings (SSSR count). The lowest BCUT2D eigenvalue weighted by molar-refractivity contribution is -0.143. The first-order chi connectivity index (χ1) is 10.3. The molecule has 0 bridgehead atoms. The lowest BCUT2D eigenvalue weighted by Crippen LogP contribution is -2.44. The highest BCUT2D eigenvalue weighted by Gasteiger charge is 2.25. The van der Waals surface area contributed by atoms with Crippen LogP contribution >= 0.6 is 0 Å². The molecule has 1 heterocycles. The minimum atomic E-state index is -0.648. The summed E-state index contributed by atoms with van der Waals surface area (Å²) in [6, 6.07) is -0.648. The monoisotopic (exact) mass is 314 g/mol. The minimum absolute atomic E-state index is 0.426. The smallest absolute Gasteiger partial charge is 0.408 e. The predicted octanol–water partition coefficient (Wildman–Crippen LogP) is 2.32. The van der Waals surface area contributed by atoms with Crippen LogP contribution in [0, 0.1) is 0 Å². The van der Waals surface area contributed by atoms with E-state index >= 15 is 0 Å². The molecule has 0 aliphatic carbocycles. The number of nitrogens with one attached hydrogen (secondary N) is 1. The van der Waals surface area contributed by atoms with Crippen LogP contribution in [0.2, 0.25) is 0 Å². The van der Waals surface area contributed by atoms with Crippen LogP contribution in [0.1, 0.15) is 52.9 Å². The number of nitrogens with zero attached hydrogens (tertiary/aromatic N) is 1. The van der Waals surface area contributed by atoms with Gasteiger partial charge >= 0.3 is 12.1 Å². The van der Waals surface area contributed by atoms with Gasteiger partial charge in [0.05, 0.1) is 7.11 Å². The van der Waals surface area contributed by atoms with E-state index in [2.05, 4.69) is 10.2 Å². The van der Waals surface area contributed by atoms with Crippen LogP contribution in [-0.4, -0.2) is 55.3 Å². The largest absolute Gasteiger partial charge is 0.467 e. The summed E-state index contributed by atoms with van der Waals surface area (Å²) in [5.41, 5.74) is -0.585. The maximum atomic E-state index is 11.8. The van der Waals surface area contributed by atoms with Gasteiger partial charge in [-0.15, -0.1) is 0 Å². The summed E-state index contributed by atoms with van der Waals surface area (Å²) < 4.78 is 9.95. The topological polar surface area (TPSA) is 67.9 Å². The van der Waals surface area contributed by atoms with E-state index in [9.17, 15) is 9.59 Å². The van der Waals surface area contributed by atoms with E-state index in [0.717, 1.165) is 26.1 Å². The number of esters is 1. The highest BCUT2D eigenvalue weighted by molar-refractivity contribution is 5.81. The summed E-state index contributed by atoms with van der Waals surface area (Å²) in [6.45, 7) is 8.57. The van der Waals surface area contributed by atoms with Crippen molar-refractivity contribution in [3.63, 3.8) is 0 Å². The Morgan fingerprint density at radius 3 is 2.36 bits per heavy atom. The molecule has 0 aromatic carbocycles. The fraction of sp³-hybridized carbons (Fsp3) is 0.875. The number of hydrogen-bond donors (Lipinski definition) is 1. The van der Waals surface area contributed by atoms with Crippen molar-refractivity contribution in [1.82, 2.24) is 10.2 Å². The molecule has 0 spiro atoms. The fourth-order valence-electron chi connectivity index (χ4n) is 2.54. The predicted molar refractivity (Wildman–Crippen MR) is 84.7 cm³/mol. The third kappa shape index (κ3) is 7.64. The number of carbonyl (C=O) groups is 2. The molecule has 22 heavy (non-hydrogen) atoms. The SMILES string of the molecule is COC(=O)[C@H](CCCN1CCCCC1)NC(=O)OC(C)(C)C. The lowest BCUT2D eigenvalue weighted by Gasteiger charge is -2.27. The fourth-order valence-corrected chi connectivity index (χ4v) is 2.54. The number of carbonyl (C=O) groups excluding carboxylic acids is 2. The Bertz CT molecular complexity index is 360. The molecular weight excluding hydrogens is 284 g/mol. The first-order valence-corrected chi connectivity index (χ1v) is 8.11. The van der Waals surface area contributed by atoms with Crippen molar-refractivity contribution in [1.29, 1.82) is 0 Å². The molecule has 6 nitrogen and oxygen atoms in total. The average molecular weight is 314 g/mol.